The molecule has 2 amide bonds. The lowest BCUT2D eigenvalue weighted by Gasteiger charge is -2.23. The maximum absolute atomic E-state index is 14.2. The number of rotatable bonds is 4. The summed E-state index contributed by atoms with van der Waals surface area (Å²) in [5, 5.41) is 13.7. The molecule has 2 N–H and O–H groups in total. The Morgan fingerprint density at radius 1 is 1.19 bits per heavy atom. The minimum absolute atomic E-state index is 0.0816. The van der Waals surface area contributed by atoms with Crippen LogP contribution >= 0.6 is 0 Å². The van der Waals surface area contributed by atoms with E-state index in [1.54, 1.807) is 6.92 Å². The molecule has 3 rings (SSSR count). The van der Waals surface area contributed by atoms with Crippen LogP contribution in [0.4, 0.5) is 34.6 Å². The predicted octanol–water partition coefficient (Wildman–Crippen LogP) is 3.86. The van der Waals surface area contributed by atoms with Crippen molar-refractivity contribution >= 4 is 28.9 Å². The summed E-state index contributed by atoms with van der Waals surface area (Å²) in [4.78, 5) is 25.0. The van der Waals surface area contributed by atoms with Crippen LogP contribution in [0, 0.1) is 17.1 Å². The Kier molecular flexibility index (Phi) is 6.36. The Morgan fingerprint density at radius 3 is 2.50 bits per heavy atom. The monoisotopic (exact) mass is 450 g/mol. The van der Waals surface area contributed by atoms with E-state index in [0.717, 1.165) is 18.2 Å². The summed E-state index contributed by atoms with van der Waals surface area (Å²) in [6.45, 7) is 2.74. The Bertz CT molecular complexity index is 1100. The summed E-state index contributed by atoms with van der Waals surface area (Å²) < 4.78 is 59.6. The highest BCUT2D eigenvalue weighted by atomic mass is 19.4. The molecule has 1 aliphatic rings. The van der Waals surface area contributed by atoms with Crippen molar-refractivity contribution in [1.29, 1.82) is 5.26 Å². The number of benzene rings is 2. The van der Waals surface area contributed by atoms with Crippen LogP contribution in [-0.4, -0.2) is 30.7 Å². The van der Waals surface area contributed by atoms with Crippen LogP contribution < -0.4 is 15.5 Å². The number of hydrogen-bond donors (Lipinski definition) is 2. The van der Waals surface area contributed by atoms with Crippen LogP contribution in [0.1, 0.15) is 25.0 Å². The number of nitriles is 1. The molecule has 0 spiro atoms. The first-order chi connectivity index (χ1) is 15.0. The van der Waals surface area contributed by atoms with Gasteiger partial charge in [0, 0.05) is 18.3 Å². The van der Waals surface area contributed by atoms with Gasteiger partial charge in [-0.15, -0.1) is 0 Å². The number of nitrogens with zero attached hydrogens (tertiary/aromatic N) is 2. The van der Waals surface area contributed by atoms with Gasteiger partial charge in [-0.05, 0) is 43.3 Å². The first kappa shape index (κ1) is 23.0. The molecule has 1 aliphatic heterocycles. The second kappa shape index (κ2) is 8.84. The minimum Gasteiger partial charge on any atom is -0.344 e. The SMILES string of the molecule is CC(=O)Nc1ccc(NC(=O)[C@@H]2CN(c3ccc(C#N)c(C(F)(F)F)c3)[C@@H](C)O2)c(F)c1. The lowest BCUT2D eigenvalue weighted by atomic mass is 10.1. The quantitative estimate of drug-likeness (QED) is 0.690. The zero-order chi connectivity index (χ0) is 23.6. The van der Waals surface area contributed by atoms with E-state index in [-0.39, 0.29) is 29.5 Å². The zero-order valence-corrected chi connectivity index (χ0v) is 17.0. The lowest BCUT2D eigenvalue weighted by Crippen LogP contribution is -2.32. The summed E-state index contributed by atoms with van der Waals surface area (Å²) in [5.41, 5.74) is -1.40. The number of ether oxygens (including phenoxy) is 1. The van der Waals surface area contributed by atoms with Crippen LogP contribution in [-0.2, 0) is 20.5 Å². The fourth-order valence-corrected chi connectivity index (χ4v) is 3.29. The second-order valence-electron chi connectivity index (χ2n) is 7.08. The molecular formula is C21H18F4N4O3. The van der Waals surface area contributed by atoms with Gasteiger partial charge in [0.25, 0.3) is 5.91 Å². The van der Waals surface area contributed by atoms with E-state index in [1.165, 1.54) is 36.1 Å². The number of alkyl halides is 3. The Hall–Kier alpha value is -3.65. The Labute approximate surface area is 180 Å². The van der Waals surface area contributed by atoms with Crippen molar-refractivity contribution < 1.29 is 31.9 Å². The van der Waals surface area contributed by atoms with Crippen molar-refractivity contribution in [3.63, 3.8) is 0 Å². The Morgan fingerprint density at radius 2 is 1.91 bits per heavy atom. The predicted molar refractivity (Wildman–Crippen MR) is 107 cm³/mol. The third-order valence-corrected chi connectivity index (χ3v) is 4.76. The average Bonchev–Trinajstić information content (AvgIpc) is 3.10. The minimum atomic E-state index is -4.72. The molecule has 11 heteroatoms. The van der Waals surface area contributed by atoms with Gasteiger partial charge >= 0.3 is 6.18 Å². The van der Waals surface area contributed by atoms with Gasteiger partial charge in [0.1, 0.15) is 12.0 Å². The van der Waals surface area contributed by atoms with Gasteiger partial charge in [-0.3, -0.25) is 9.59 Å². The average molecular weight is 450 g/mol. The van der Waals surface area contributed by atoms with Gasteiger partial charge in [0.2, 0.25) is 5.91 Å². The fraction of sp³-hybridized carbons (Fsp3) is 0.286. The molecule has 0 aliphatic carbocycles. The van der Waals surface area contributed by atoms with E-state index < -0.39 is 41.4 Å². The highest BCUT2D eigenvalue weighted by molar-refractivity contribution is 5.95. The molecule has 2 aromatic carbocycles. The standard InChI is InChI=1S/C21H18F4N4O3/c1-11(30)27-14-4-6-18(17(22)7-14)28-20(31)19-10-29(12(2)32-19)15-5-3-13(9-26)16(8-15)21(23,24)25/h3-8,12,19H,10H2,1-2H3,(H,27,30)(H,28,31)/t12-,19+/m1/s1. The Balaban J connectivity index is 1.75. The van der Waals surface area contributed by atoms with Gasteiger partial charge < -0.3 is 20.3 Å². The smallest absolute Gasteiger partial charge is 0.344 e. The second-order valence-corrected chi connectivity index (χ2v) is 7.08. The number of nitrogens with one attached hydrogen (secondary N) is 2. The molecule has 1 fully saturated rings. The number of carbonyl (C=O) groups excluding carboxylic acids is 2. The van der Waals surface area contributed by atoms with Crippen molar-refractivity contribution in [3.05, 3.63) is 53.3 Å². The van der Waals surface area contributed by atoms with Crippen LogP contribution in [0.15, 0.2) is 36.4 Å². The molecule has 0 aromatic heterocycles. The van der Waals surface area contributed by atoms with E-state index in [1.807, 2.05) is 0 Å². The third-order valence-electron chi connectivity index (χ3n) is 4.76. The van der Waals surface area contributed by atoms with E-state index in [9.17, 15) is 27.2 Å². The van der Waals surface area contributed by atoms with Crippen LogP contribution in [0.5, 0.6) is 0 Å². The first-order valence-electron chi connectivity index (χ1n) is 9.41. The molecule has 32 heavy (non-hydrogen) atoms. The highest BCUT2D eigenvalue weighted by Crippen LogP contribution is 2.36. The van der Waals surface area contributed by atoms with Crippen LogP contribution in [0.3, 0.4) is 0 Å². The van der Waals surface area contributed by atoms with Crippen molar-refractivity contribution in [2.75, 3.05) is 22.1 Å². The van der Waals surface area contributed by atoms with E-state index in [2.05, 4.69) is 10.6 Å². The fourth-order valence-electron chi connectivity index (χ4n) is 3.29. The number of halogens is 4. The van der Waals surface area contributed by atoms with E-state index in [4.69, 9.17) is 10.00 Å². The van der Waals surface area contributed by atoms with Crippen molar-refractivity contribution in [2.24, 2.45) is 0 Å². The number of carbonyl (C=O) groups is 2. The molecule has 2 aromatic rings. The molecule has 0 unspecified atom stereocenters. The van der Waals surface area contributed by atoms with Crippen molar-refractivity contribution in [1.82, 2.24) is 0 Å². The van der Waals surface area contributed by atoms with Crippen molar-refractivity contribution in [3.8, 4) is 6.07 Å². The molecule has 1 saturated heterocycles. The summed E-state index contributed by atoms with van der Waals surface area (Å²) in [7, 11) is 0. The van der Waals surface area contributed by atoms with Gasteiger partial charge in [-0.25, -0.2) is 4.39 Å². The third kappa shape index (κ3) is 4.97. The molecule has 0 saturated carbocycles. The number of hydrogen-bond acceptors (Lipinski definition) is 5. The van der Waals surface area contributed by atoms with Gasteiger partial charge in [-0.2, -0.15) is 18.4 Å². The highest BCUT2D eigenvalue weighted by Gasteiger charge is 2.38. The van der Waals surface area contributed by atoms with E-state index >= 15 is 0 Å². The molecule has 0 radical (unpaired) electrons. The normalized spacial score (nSPS) is 18.2. The van der Waals surface area contributed by atoms with E-state index in [0.29, 0.717) is 0 Å². The van der Waals surface area contributed by atoms with Gasteiger partial charge in [-0.1, -0.05) is 0 Å². The maximum Gasteiger partial charge on any atom is 0.417 e. The van der Waals surface area contributed by atoms with Gasteiger partial charge in [0.05, 0.1) is 29.4 Å². The topological polar surface area (TPSA) is 94.5 Å². The van der Waals surface area contributed by atoms with Gasteiger partial charge in [0.15, 0.2) is 6.10 Å². The summed E-state index contributed by atoms with van der Waals surface area (Å²) in [5.74, 6) is -1.85. The molecule has 7 nitrogen and oxygen atoms in total. The maximum atomic E-state index is 14.2. The summed E-state index contributed by atoms with van der Waals surface area (Å²) in [6.07, 6.45) is -6.54. The zero-order valence-electron chi connectivity index (χ0n) is 17.0. The summed E-state index contributed by atoms with van der Waals surface area (Å²) >= 11 is 0. The number of amides is 2. The molecule has 1 heterocycles. The van der Waals surface area contributed by atoms with Crippen molar-refractivity contribution in [2.45, 2.75) is 32.4 Å². The molecule has 2 atom stereocenters. The summed E-state index contributed by atoms with van der Waals surface area (Å²) in [6, 6.07) is 8.46. The largest absolute Gasteiger partial charge is 0.417 e. The lowest BCUT2D eigenvalue weighted by molar-refractivity contribution is -0.137. The van der Waals surface area contributed by atoms with Crippen LogP contribution in [0.25, 0.3) is 0 Å². The first-order valence-corrected chi connectivity index (χ1v) is 9.41. The molecule has 168 valence electrons. The van der Waals surface area contributed by atoms with Crippen LogP contribution in [0.2, 0.25) is 0 Å². The molecular weight excluding hydrogens is 432 g/mol. The number of anilines is 3. The molecule has 0 bridgehead atoms.